The lowest BCUT2D eigenvalue weighted by molar-refractivity contribution is 0.0499. The van der Waals surface area contributed by atoms with Crippen molar-refractivity contribution in [2.45, 2.75) is 77.7 Å². The molecular formula is C28H38N2O4. The van der Waals surface area contributed by atoms with Crippen molar-refractivity contribution < 1.29 is 19.1 Å². The summed E-state index contributed by atoms with van der Waals surface area (Å²) in [5.74, 6) is 0. The Balaban J connectivity index is 2.21. The van der Waals surface area contributed by atoms with Crippen LogP contribution in [0.1, 0.15) is 52.7 Å². The fourth-order valence-electron chi connectivity index (χ4n) is 3.26. The van der Waals surface area contributed by atoms with Crippen LogP contribution in [-0.4, -0.2) is 35.5 Å². The molecule has 184 valence electrons. The van der Waals surface area contributed by atoms with E-state index in [9.17, 15) is 9.59 Å². The van der Waals surface area contributed by atoms with Gasteiger partial charge in [-0.1, -0.05) is 72.8 Å². The van der Waals surface area contributed by atoms with Gasteiger partial charge in [-0.15, -0.1) is 0 Å². The summed E-state index contributed by atoms with van der Waals surface area (Å²) in [5, 5.41) is 5.88. The second-order valence-corrected chi connectivity index (χ2v) is 10.3. The lowest BCUT2D eigenvalue weighted by atomic mass is 10.0. The van der Waals surface area contributed by atoms with E-state index < -0.39 is 23.4 Å². The normalized spacial score (nSPS) is 13.7. The second-order valence-electron chi connectivity index (χ2n) is 10.3. The minimum absolute atomic E-state index is 0.323. The van der Waals surface area contributed by atoms with Crippen molar-refractivity contribution in [3.05, 3.63) is 83.9 Å². The molecule has 0 aromatic heterocycles. The number of hydrogen-bond acceptors (Lipinski definition) is 4. The molecule has 0 heterocycles. The summed E-state index contributed by atoms with van der Waals surface area (Å²) in [6.45, 7) is 11.0. The molecule has 2 aromatic carbocycles. The van der Waals surface area contributed by atoms with Gasteiger partial charge < -0.3 is 20.1 Å². The SMILES string of the molecule is CC(C)(C)OC(=O)N[C@H](C=C[C@H](Cc1ccccc1)NC(=O)OC(C)(C)C)Cc1ccccc1. The van der Waals surface area contributed by atoms with Crippen LogP contribution in [-0.2, 0) is 22.3 Å². The quantitative estimate of drug-likeness (QED) is 0.481. The van der Waals surface area contributed by atoms with Crippen molar-refractivity contribution in [1.29, 1.82) is 0 Å². The first-order valence-electron chi connectivity index (χ1n) is 11.6. The maximum Gasteiger partial charge on any atom is 0.408 e. The number of hydrogen-bond donors (Lipinski definition) is 2. The van der Waals surface area contributed by atoms with Gasteiger partial charge in [0.1, 0.15) is 11.2 Å². The second kappa shape index (κ2) is 12.3. The summed E-state index contributed by atoms with van der Waals surface area (Å²) in [6.07, 6.45) is 4.00. The van der Waals surface area contributed by atoms with E-state index in [0.717, 1.165) is 11.1 Å². The van der Waals surface area contributed by atoms with Gasteiger partial charge in [0, 0.05) is 0 Å². The highest BCUT2D eigenvalue weighted by atomic mass is 16.6. The van der Waals surface area contributed by atoms with E-state index in [1.165, 1.54) is 0 Å². The predicted molar refractivity (Wildman–Crippen MR) is 136 cm³/mol. The van der Waals surface area contributed by atoms with Gasteiger partial charge in [-0.05, 0) is 65.5 Å². The van der Waals surface area contributed by atoms with Crippen LogP contribution in [0.3, 0.4) is 0 Å². The number of nitrogens with one attached hydrogen (secondary N) is 2. The van der Waals surface area contributed by atoms with Gasteiger partial charge in [0.15, 0.2) is 0 Å². The van der Waals surface area contributed by atoms with Crippen molar-refractivity contribution in [3.63, 3.8) is 0 Å². The van der Waals surface area contributed by atoms with Crippen LogP contribution in [0.5, 0.6) is 0 Å². The first kappa shape index (κ1) is 27.0. The highest BCUT2D eigenvalue weighted by Crippen LogP contribution is 2.12. The number of carbonyl (C=O) groups excluding carboxylic acids is 2. The lowest BCUT2D eigenvalue weighted by Gasteiger charge is -2.24. The molecule has 0 saturated carbocycles. The Labute approximate surface area is 203 Å². The molecule has 2 N–H and O–H groups in total. The van der Waals surface area contributed by atoms with Crippen LogP contribution in [0, 0.1) is 0 Å². The molecule has 2 atom stereocenters. The Hall–Kier alpha value is -3.28. The summed E-state index contributed by atoms with van der Waals surface area (Å²) in [4.78, 5) is 24.9. The topological polar surface area (TPSA) is 76.7 Å². The average Bonchev–Trinajstić information content (AvgIpc) is 2.70. The monoisotopic (exact) mass is 466 g/mol. The summed E-state index contributed by atoms with van der Waals surface area (Å²) < 4.78 is 10.9. The minimum Gasteiger partial charge on any atom is -0.444 e. The van der Waals surface area contributed by atoms with E-state index in [0.29, 0.717) is 12.8 Å². The first-order chi connectivity index (χ1) is 15.9. The molecule has 0 fully saturated rings. The van der Waals surface area contributed by atoms with Crippen LogP contribution < -0.4 is 10.6 Å². The number of amides is 2. The zero-order chi connectivity index (χ0) is 25.2. The molecular weight excluding hydrogens is 428 g/mol. The van der Waals surface area contributed by atoms with E-state index in [4.69, 9.17) is 9.47 Å². The van der Waals surface area contributed by atoms with Crippen LogP contribution in [0.25, 0.3) is 0 Å². The Morgan fingerprint density at radius 2 is 1.00 bits per heavy atom. The maximum atomic E-state index is 12.5. The molecule has 0 spiro atoms. The van der Waals surface area contributed by atoms with Gasteiger partial charge in [0.25, 0.3) is 0 Å². The average molecular weight is 467 g/mol. The van der Waals surface area contributed by atoms with Crippen molar-refractivity contribution in [2.75, 3.05) is 0 Å². The number of ether oxygens (including phenoxy) is 2. The van der Waals surface area contributed by atoms with Gasteiger partial charge in [-0.2, -0.15) is 0 Å². The number of alkyl carbamates (subject to hydrolysis) is 2. The van der Waals surface area contributed by atoms with Crippen LogP contribution in [0.15, 0.2) is 72.8 Å². The van der Waals surface area contributed by atoms with Gasteiger partial charge in [-0.3, -0.25) is 0 Å². The molecule has 0 aliphatic rings. The minimum atomic E-state index is -0.598. The van der Waals surface area contributed by atoms with Gasteiger partial charge in [0.2, 0.25) is 0 Å². The fourth-order valence-corrected chi connectivity index (χ4v) is 3.26. The van der Waals surface area contributed by atoms with Crippen molar-refractivity contribution in [1.82, 2.24) is 10.6 Å². The molecule has 6 nitrogen and oxygen atoms in total. The van der Waals surface area contributed by atoms with Gasteiger partial charge in [0.05, 0.1) is 12.1 Å². The molecule has 0 aliphatic carbocycles. The Kier molecular flexibility index (Phi) is 9.72. The van der Waals surface area contributed by atoms with Crippen LogP contribution >= 0.6 is 0 Å². The first-order valence-corrected chi connectivity index (χ1v) is 11.6. The third-order valence-electron chi connectivity index (χ3n) is 4.58. The smallest absolute Gasteiger partial charge is 0.408 e. The third-order valence-corrected chi connectivity index (χ3v) is 4.58. The van der Waals surface area contributed by atoms with Crippen molar-refractivity contribution in [3.8, 4) is 0 Å². The van der Waals surface area contributed by atoms with E-state index in [-0.39, 0.29) is 12.1 Å². The molecule has 2 rings (SSSR count). The Morgan fingerprint density at radius 3 is 1.29 bits per heavy atom. The summed E-state index contributed by atoms with van der Waals surface area (Å²) in [7, 11) is 0. The molecule has 0 radical (unpaired) electrons. The number of rotatable bonds is 8. The van der Waals surface area contributed by atoms with Crippen molar-refractivity contribution >= 4 is 12.2 Å². The van der Waals surface area contributed by atoms with E-state index in [1.807, 2.05) is 114 Å². The maximum absolute atomic E-state index is 12.5. The molecule has 2 amide bonds. The van der Waals surface area contributed by atoms with E-state index in [2.05, 4.69) is 10.6 Å². The lowest BCUT2D eigenvalue weighted by Crippen LogP contribution is -2.41. The summed E-state index contributed by atoms with van der Waals surface area (Å²) in [6, 6.07) is 19.2. The van der Waals surface area contributed by atoms with Crippen LogP contribution in [0.2, 0.25) is 0 Å². The molecule has 0 bridgehead atoms. The molecule has 0 saturated heterocycles. The summed E-state index contributed by atoms with van der Waals surface area (Å²) in [5.41, 5.74) is 0.958. The molecule has 0 unspecified atom stereocenters. The third kappa shape index (κ3) is 11.5. The molecule has 6 heteroatoms. The highest BCUT2D eigenvalue weighted by Gasteiger charge is 2.21. The van der Waals surface area contributed by atoms with Crippen LogP contribution in [0.4, 0.5) is 9.59 Å². The molecule has 2 aromatic rings. The Bertz CT molecular complexity index is 851. The largest absolute Gasteiger partial charge is 0.444 e. The van der Waals surface area contributed by atoms with Gasteiger partial charge in [-0.25, -0.2) is 9.59 Å². The molecule has 0 aliphatic heterocycles. The van der Waals surface area contributed by atoms with Crippen molar-refractivity contribution in [2.24, 2.45) is 0 Å². The van der Waals surface area contributed by atoms with E-state index >= 15 is 0 Å². The highest BCUT2D eigenvalue weighted by molar-refractivity contribution is 5.69. The predicted octanol–water partition coefficient (Wildman–Crippen LogP) is 5.81. The molecule has 34 heavy (non-hydrogen) atoms. The summed E-state index contributed by atoms with van der Waals surface area (Å²) >= 11 is 0. The number of carbonyl (C=O) groups is 2. The van der Waals surface area contributed by atoms with Gasteiger partial charge >= 0.3 is 12.2 Å². The standard InChI is InChI=1S/C28H38N2O4/c1-27(2,3)33-25(31)29-23(19-21-13-9-7-10-14-21)17-18-24(20-22-15-11-8-12-16-22)30-26(32)34-28(4,5)6/h7-18,23-24H,19-20H2,1-6H3,(H,29,31)(H,30,32)/t23-,24-/m1/s1. The fraction of sp³-hybridized carbons (Fsp3) is 0.429. The Morgan fingerprint density at radius 1 is 0.676 bits per heavy atom. The zero-order valence-corrected chi connectivity index (χ0v) is 21.1. The zero-order valence-electron chi connectivity index (χ0n) is 21.1. The van der Waals surface area contributed by atoms with E-state index in [1.54, 1.807) is 0 Å². The number of benzene rings is 2.